The molecule has 146 valence electrons. The van der Waals surface area contributed by atoms with Gasteiger partial charge in [-0.25, -0.2) is 0 Å². The second kappa shape index (κ2) is 5.75. The van der Waals surface area contributed by atoms with E-state index < -0.39 is 0 Å². The number of benzene rings is 1. The Hall–Kier alpha value is -1.02. The first-order chi connectivity index (χ1) is 13.1. The van der Waals surface area contributed by atoms with Crippen LogP contribution in [0.4, 0.5) is 0 Å². The fraction of sp³-hybridized carbons (Fsp3) is 0.760. The average molecular weight is 367 g/mol. The van der Waals surface area contributed by atoms with Crippen molar-refractivity contribution in [2.24, 2.45) is 29.1 Å². The number of rotatable bonds is 1. The SMILES string of the molecule is CC12CCC3c4cc(C5CCC6CCC65)c(O)cc4CCC3C1CCC2O. The molecule has 1 aromatic carbocycles. The molecule has 8 atom stereocenters. The van der Waals surface area contributed by atoms with Gasteiger partial charge in [-0.05, 0) is 128 Å². The quantitative estimate of drug-likeness (QED) is 0.688. The zero-order valence-electron chi connectivity index (χ0n) is 16.7. The van der Waals surface area contributed by atoms with E-state index in [0.717, 1.165) is 30.6 Å². The van der Waals surface area contributed by atoms with Gasteiger partial charge in [-0.15, -0.1) is 0 Å². The van der Waals surface area contributed by atoms with Crippen molar-refractivity contribution in [3.63, 3.8) is 0 Å². The summed E-state index contributed by atoms with van der Waals surface area (Å²) in [6, 6.07) is 4.60. The van der Waals surface area contributed by atoms with Gasteiger partial charge in [0.2, 0.25) is 0 Å². The van der Waals surface area contributed by atoms with E-state index >= 15 is 0 Å². The number of aromatic hydroxyl groups is 1. The summed E-state index contributed by atoms with van der Waals surface area (Å²) in [5.41, 5.74) is 4.43. The molecule has 6 rings (SSSR count). The molecule has 4 saturated carbocycles. The van der Waals surface area contributed by atoms with E-state index in [1.54, 1.807) is 5.56 Å². The minimum atomic E-state index is -0.0886. The third-order valence-corrected chi connectivity index (χ3v) is 10.1. The Morgan fingerprint density at radius 3 is 2.44 bits per heavy atom. The standard InChI is InChI=1S/C25H34O2/c1-25-11-10-18-19(22(25)8-9-24(25)27)7-4-15-12-23(26)21(13-20(15)18)17-6-3-14-2-5-16(14)17/h12-14,16-19,22,24,26-27H,2-11H2,1H3. The first-order valence-corrected chi connectivity index (χ1v) is 11.6. The molecule has 0 radical (unpaired) electrons. The summed E-state index contributed by atoms with van der Waals surface area (Å²) in [7, 11) is 0. The van der Waals surface area contributed by atoms with Crippen LogP contribution in [0.1, 0.15) is 93.2 Å². The largest absolute Gasteiger partial charge is 0.508 e. The molecule has 0 saturated heterocycles. The molecule has 0 aromatic heterocycles. The number of phenolic OH excluding ortho intramolecular Hbond substituents is 1. The summed E-state index contributed by atoms with van der Waals surface area (Å²) in [5, 5.41) is 21.5. The molecule has 0 aliphatic heterocycles. The molecule has 1 aromatic rings. The van der Waals surface area contributed by atoms with Gasteiger partial charge in [0.05, 0.1) is 6.10 Å². The summed E-state index contributed by atoms with van der Waals surface area (Å²) in [5.74, 6) is 5.07. The molecule has 2 nitrogen and oxygen atoms in total. The van der Waals surface area contributed by atoms with Crippen LogP contribution in [0.2, 0.25) is 0 Å². The minimum absolute atomic E-state index is 0.0886. The van der Waals surface area contributed by atoms with Crippen LogP contribution in [0, 0.1) is 29.1 Å². The predicted molar refractivity (Wildman–Crippen MR) is 107 cm³/mol. The van der Waals surface area contributed by atoms with Gasteiger partial charge < -0.3 is 10.2 Å². The van der Waals surface area contributed by atoms with E-state index in [0.29, 0.717) is 23.5 Å². The summed E-state index contributed by atoms with van der Waals surface area (Å²) in [6.07, 6.45) is 12.3. The number of fused-ring (bicyclic) bond motifs is 6. The molecule has 2 N–H and O–H groups in total. The van der Waals surface area contributed by atoms with E-state index in [9.17, 15) is 10.2 Å². The normalized spacial score (nSPS) is 47.6. The van der Waals surface area contributed by atoms with Crippen LogP contribution < -0.4 is 0 Å². The smallest absolute Gasteiger partial charge is 0.119 e. The summed E-state index contributed by atoms with van der Waals surface area (Å²) < 4.78 is 0. The molecule has 0 amide bonds. The molecule has 4 fully saturated rings. The molecule has 8 unspecified atom stereocenters. The van der Waals surface area contributed by atoms with E-state index in [4.69, 9.17) is 0 Å². The van der Waals surface area contributed by atoms with Crippen molar-refractivity contribution in [2.75, 3.05) is 0 Å². The van der Waals surface area contributed by atoms with Gasteiger partial charge in [0, 0.05) is 0 Å². The van der Waals surface area contributed by atoms with Crippen LogP contribution >= 0.6 is 0 Å². The lowest BCUT2D eigenvalue weighted by Crippen LogP contribution is -2.44. The predicted octanol–water partition coefficient (Wildman–Crippen LogP) is 5.51. The summed E-state index contributed by atoms with van der Waals surface area (Å²) >= 11 is 0. The molecular formula is C25H34O2. The Kier molecular flexibility index (Phi) is 3.60. The molecule has 5 aliphatic rings. The van der Waals surface area contributed by atoms with E-state index in [-0.39, 0.29) is 11.5 Å². The van der Waals surface area contributed by atoms with Gasteiger partial charge in [0.1, 0.15) is 5.75 Å². The Balaban J connectivity index is 1.37. The van der Waals surface area contributed by atoms with E-state index in [1.807, 2.05) is 0 Å². The lowest BCUT2D eigenvalue weighted by molar-refractivity contribution is -0.0226. The molecular weight excluding hydrogens is 332 g/mol. The molecule has 0 spiro atoms. The van der Waals surface area contributed by atoms with Crippen molar-refractivity contribution < 1.29 is 10.2 Å². The highest BCUT2D eigenvalue weighted by molar-refractivity contribution is 5.48. The Labute approximate surface area is 163 Å². The first-order valence-electron chi connectivity index (χ1n) is 11.6. The summed E-state index contributed by atoms with van der Waals surface area (Å²) in [6.45, 7) is 2.36. The second-order valence-corrected chi connectivity index (χ2v) is 10.8. The van der Waals surface area contributed by atoms with Gasteiger partial charge in [-0.3, -0.25) is 0 Å². The van der Waals surface area contributed by atoms with Crippen molar-refractivity contribution >= 4 is 0 Å². The Bertz CT molecular complexity index is 770. The monoisotopic (exact) mass is 366 g/mol. The molecule has 0 heterocycles. The number of hydrogen-bond acceptors (Lipinski definition) is 2. The van der Waals surface area contributed by atoms with E-state index in [1.165, 1.54) is 62.5 Å². The number of hydrogen-bond donors (Lipinski definition) is 2. The van der Waals surface area contributed by atoms with Crippen molar-refractivity contribution in [3.8, 4) is 5.75 Å². The van der Waals surface area contributed by atoms with Gasteiger partial charge >= 0.3 is 0 Å². The Morgan fingerprint density at radius 2 is 1.67 bits per heavy atom. The third-order valence-electron chi connectivity index (χ3n) is 10.1. The second-order valence-electron chi connectivity index (χ2n) is 10.8. The molecule has 5 aliphatic carbocycles. The maximum atomic E-state index is 10.8. The fourth-order valence-corrected chi connectivity index (χ4v) is 8.37. The average Bonchev–Trinajstić information content (AvgIpc) is 3.09. The number of phenols is 1. The minimum Gasteiger partial charge on any atom is -0.508 e. The van der Waals surface area contributed by atoms with Crippen LogP contribution in [0.5, 0.6) is 5.75 Å². The number of aliphatic hydroxyl groups excluding tert-OH is 1. The van der Waals surface area contributed by atoms with Gasteiger partial charge in [-0.1, -0.05) is 13.0 Å². The molecule has 27 heavy (non-hydrogen) atoms. The van der Waals surface area contributed by atoms with Crippen molar-refractivity contribution in [3.05, 3.63) is 28.8 Å². The van der Waals surface area contributed by atoms with Crippen LogP contribution in [-0.4, -0.2) is 16.3 Å². The van der Waals surface area contributed by atoms with E-state index in [2.05, 4.69) is 19.1 Å². The fourth-order valence-electron chi connectivity index (χ4n) is 8.37. The van der Waals surface area contributed by atoms with Crippen LogP contribution in [0.25, 0.3) is 0 Å². The zero-order chi connectivity index (χ0) is 18.3. The highest BCUT2D eigenvalue weighted by Crippen LogP contribution is 2.62. The maximum Gasteiger partial charge on any atom is 0.119 e. The molecule has 0 bridgehead atoms. The summed E-state index contributed by atoms with van der Waals surface area (Å²) in [4.78, 5) is 0. The Morgan fingerprint density at radius 1 is 0.852 bits per heavy atom. The van der Waals surface area contributed by atoms with Crippen LogP contribution in [0.15, 0.2) is 12.1 Å². The first kappa shape index (κ1) is 16.9. The highest BCUT2D eigenvalue weighted by atomic mass is 16.3. The third kappa shape index (κ3) is 2.23. The lowest BCUT2D eigenvalue weighted by atomic mass is 9.55. The topological polar surface area (TPSA) is 40.5 Å². The van der Waals surface area contributed by atoms with Crippen molar-refractivity contribution in [1.82, 2.24) is 0 Å². The number of aryl methyl sites for hydroxylation is 1. The van der Waals surface area contributed by atoms with Gasteiger partial charge in [-0.2, -0.15) is 0 Å². The van der Waals surface area contributed by atoms with Crippen LogP contribution in [-0.2, 0) is 6.42 Å². The van der Waals surface area contributed by atoms with Gasteiger partial charge in [0.15, 0.2) is 0 Å². The zero-order valence-corrected chi connectivity index (χ0v) is 16.7. The van der Waals surface area contributed by atoms with Crippen molar-refractivity contribution in [2.45, 2.75) is 89.1 Å². The lowest BCUT2D eigenvalue weighted by Gasteiger charge is -2.50. The maximum absolute atomic E-state index is 10.8. The van der Waals surface area contributed by atoms with Crippen molar-refractivity contribution in [1.29, 1.82) is 0 Å². The molecule has 2 heteroatoms. The van der Waals surface area contributed by atoms with Gasteiger partial charge in [0.25, 0.3) is 0 Å². The van der Waals surface area contributed by atoms with Crippen LogP contribution in [0.3, 0.4) is 0 Å². The number of aliphatic hydroxyl groups is 1. The highest BCUT2D eigenvalue weighted by Gasteiger charge is 2.54.